The third kappa shape index (κ3) is 3.17. The van der Waals surface area contributed by atoms with Crippen molar-refractivity contribution in [2.75, 3.05) is 0 Å². The van der Waals surface area contributed by atoms with E-state index in [1.54, 1.807) is 0 Å². The Bertz CT molecular complexity index is 3310. The molecule has 0 aliphatic heterocycles. The summed E-state index contributed by atoms with van der Waals surface area (Å²) in [6.45, 7) is 0. The molecule has 44 heavy (non-hydrogen) atoms. The first kappa shape index (κ1) is 16.2. The van der Waals surface area contributed by atoms with Crippen molar-refractivity contribution in [2.24, 2.45) is 0 Å². The second-order valence-corrected chi connectivity index (χ2v) is 11.2. The summed E-state index contributed by atoms with van der Waals surface area (Å²) in [4.78, 5) is 0. The first-order chi connectivity index (χ1) is 26.0. The predicted molar refractivity (Wildman–Crippen MR) is 191 cm³/mol. The van der Waals surface area contributed by atoms with Crippen molar-refractivity contribution in [2.45, 2.75) is 0 Å². The predicted octanol–water partition coefficient (Wildman–Crippen LogP) is 12.5. The molecule has 0 unspecified atom stereocenters. The molecule has 0 nitrogen and oxygen atoms in total. The maximum atomic E-state index is 9.72. The lowest BCUT2D eigenvalue weighted by Crippen LogP contribution is -1.94. The van der Waals surface area contributed by atoms with Gasteiger partial charge in [-0.15, -0.1) is 0 Å². The molecule has 0 aromatic heterocycles. The van der Waals surface area contributed by atoms with E-state index in [0.29, 0.717) is 22.3 Å². The minimum absolute atomic E-state index is 0.0218. The molecule has 0 saturated heterocycles. The van der Waals surface area contributed by atoms with E-state index in [4.69, 9.17) is 6.85 Å². The Balaban J connectivity index is 1.60. The van der Waals surface area contributed by atoms with E-state index in [9.17, 15) is 6.85 Å². The Morgan fingerprint density at radius 3 is 1.77 bits per heavy atom. The van der Waals surface area contributed by atoms with Gasteiger partial charge < -0.3 is 0 Å². The summed E-state index contributed by atoms with van der Waals surface area (Å²) >= 11 is 0. The summed E-state index contributed by atoms with van der Waals surface area (Å²) < 4.78 is 91.7. The highest BCUT2D eigenvalue weighted by molar-refractivity contribution is 6.33. The Morgan fingerprint density at radius 2 is 0.909 bits per heavy atom. The highest BCUT2D eigenvalue weighted by atomic mass is 14.2. The van der Waals surface area contributed by atoms with Crippen LogP contribution in [0.3, 0.4) is 0 Å². The Labute approximate surface area is 268 Å². The Morgan fingerprint density at radius 1 is 0.295 bits per heavy atom. The summed E-state index contributed by atoms with van der Waals surface area (Å²) in [6, 6.07) is 27.1. The van der Waals surface area contributed by atoms with Crippen molar-refractivity contribution in [1.29, 1.82) is 0 Å². The van der Waals surface area contributed by atoms with E-state index in [1.807, 2.05) is 91.0 Å². The SMILES string of the molecule is [2H]c1c([2H])c([2H])c2c(-c3ccc4ccc5cccc6ccc3c4c56)c3c(c([2H])c([2H])c4c([2H])c([2H])c([2H])c([2H])c43)c(-c3cccc4ccccc34)c2c1[2H]. The fraction of sp³-hybridized carbons (Fsp3) is 0. The molecule has 0 saturated carbocycles. The Kier molecular flexibility index (Phi) is 3.28. The highest BCUT2D eigenvalue weighted by Gasteiger charge is 2.21. The highest BCUT2D eigenvalue weighted by Crippen LogP contribution is 2.49. The molecule has 0 aliphatic carbocycles. The molecule has 0 atom stereocenters. The number of hydrogen-bond donors (Lipinski definition) is 0. The fourth-order valence-corrected chi connectivity index (χ4v) is 7.22. The molecule has 10 aromatic rings. The number of benzene rings is 10. The average molecular weight is 565 g/mol. The standard InChI is InChI=1S/C44H26/c1-3-14-32-27(9-1)11-8-18-34(32)42-35-16-5-6-17-36(35)44(43-33-15-4-2-10-28(33)21-26-39(42)43)38-25-23-31-20-19-29-12-7-13-30-22-24-37(38)41(31)40(29)30/h1-26H/i2D,4D,5D,6D,10D,15D,16D,17D,21D,26D. The van der Waals surface area contributed by atoms with E-state index >= 15 is 0 Å². The van der Waals surface area contributed by atoms with Gasteiger partial charge in [0.05, 0.1) is 13.7 Å². The van der Waals surface area contributed by atoms with Crippen molar-refractivity contribution >= 4 is 75.4 Å². The topological polar surface area (TPSA) is 0 Å². The summed E-state index contributed by atoms with van der Waals surface area (Å²) in [7, 11) is 0. The Hall–Kier alpha value is -5.72. The van der Waals surface area contributed by atoms with Crippen molar-refractivity contribution < 1.29 is 13.7 Å². The van der Waals surface area contributed by atoms with Crippen LogP contribution in [0.1, 0.15) is 13.7 Å². The zero-order valence-electron chi connectivity index (χ0n) is 33.2. The molecule has 0 radical (unpaired) electrons. The molecular weight excluding hydrogens is 528 g/mol. The number of rotatable bonds is 2. The molecule has 0 heteroatoms. The van der Waals surface area contributed by atoms with E-state index in [-0.39, 0.29) is 50.4 Å². The molecule has 0 bridgehead atoms. The summed E-state index contributed by atoms with van der Waals surface area (Å²) in [5, 5.41) is 8.00. The molecule has 0 heterocycles. The molecule has 10 aromatic carbocycles. The summed E-state index contributed by atoms with van der Waals surface area (Å²) in [5.41, 5.74) is 1.77. The van der Waals surface area contributed by atoms with Gasteiger partial charge in [0.1, 0.15) is 0 Å². The monoisotopic (exact) mass is 564 g/mol. The molecule has 0 aliphatic rings. The van der Waals surface area contributed by atoms with Crippen LogP contribution in [0.5, 0.6) is 0 Å². The van der Waals surface area contributed by atoms with Gasteiger partial charge in [-0.3, -0.25) is 0 Å². The van der Waals surface area contributed by atoms with Gasteiger partial charge in [0, 0.05) is 0 Å². The number of hydrogen-bond acceptors (Lipinski definition) is 0. The lowest BCUT2D eigenvalue weighted by Gasteiger charge is -2.22. The third-order valence-corrected chi connectivity index (χ3v) is 9.04. The smallest absolute Gasteiger partial charge is 0.0616 e. The van der Waals surface area contributed by atoms with Crippen LogP contribution in [0.2, 0.25) is 0 Å². The zero-order valence-corrected chi connectivity index (χ0v) is 23.2. The van der Waals surface area contributed by atoms with Gasteiger partial charge in [-0.1, -0.05) is 157 Å². The van der Waals surface area contributed by atoms with E-state index in [2.05, 4.69) is 6.07 Å². The minimum atomic E-state index is -0.527. The first-order valence-electron chi connectivity index (χ1n) is 19.5. The summed E-state index contributed by atoms with van der Waals surface area (Å²) in [5.74, 6) is 0. The van der Waals surface area contributed by atoms with Crippen LogP contribution in [-0.2, 0) is 0 Å². The first-order valence-corrected chi connectivity index (χ1v) is 14.5. The van der Waals surface area contributed by atoms with Gasteiger partial charge in [0.15, 0.2) is 0 Å². The molecule has 202 valence electrons. The second kappa shape index (κ2) is 8.89. The molecule has 0 spiro atoms. The van der Waals surface area contributed by atoms with Gasteiger partial charge >= 0.3 is 0 Å². The fourth-order valence-electron chi connectivity index (χ4n) is 7.22. The molecule has 0 fully saturated rings. The zero-order chi connectivity index (χ0) is 37.5. The van der Waals surface area contributed by atoms with Gasteiger partial charge in [-0.05, 0) is 97.7 Å². The van der Waals surface area contributed by atoms with Gasteiger partial charge in [0.2, 0.25) is 0 Å². The van der Waals surface area contributed by atoms with Crippen LogP contribution in [-0.4, -0.2) is 0 Å². The van der Waals surface area contributed by atoms with Gasteiger partial charge in [-0.25, -0.2) is 0 Å². The molecule has 10 rings (SSSR count). The van der Waals surface area contributed by atoms with Crippen LogP contribution in [0.4, 0.5) is 0 Å². The van der Waals surface area contributed by atoms with Crippen molar-refractivity contribution in [3.05, 3.63) is 157 Å². The van der Waals surface area contributed by atoms with Crippen molar-refractivity contribution in [1.82, 2.24) is 0 Å². The van der Waals surface area contributed by atoms with Crippen LogP contribution < -0.4 is 0 Å². The van der Waals surface area contributed by atoms with Crippen LogP contribution >= 0.6 is 0 Å². The van der Waals surface area contributed by atoms with E-state index in [1.165, 1.54) is 0 Å². The molecule has 0 N–H and O–H groups in total. The minimum Gasteiger partial charge on any atom is -0.0616 e. The third-order valence-electron chi connectivity index (χ3n) is 9.04. The van der Waals surface area contributed by atoms with Gasteiger partial charge in [-0.2, -0.15) is 0 Å². The van der Waals surface area contributed by atoms with Crippen LogP contribution in [0.25, 0.3) is 97.7 Å². The summed E-state index contributed by atoms with van der Waals surface area (Å²) in [6.07, 6.45) is 0. The quantitative estimate of drug-likeness (QED) is 0.145. The van der Waals surface area contributed by atoms with E-state index < -0.39 is 42.3 Å². The average Bonchev–Trinajstić information content (AvgIpc) is 3.19. The van der Waals surface area contributed by atoms with Crippen LogP contribution in [0.15, 0.2) is 157 Å². The molecule has 0 amide bonds. The maximum Gasteiger partial charge on any atom is 0.0630 e. The number of fused-ring (bicyclic) bond motifs is 5. The van der Waals surface area contributed by atoms with Crippen molar-refractivity contribution in [3.8, 4) is 22.3 Å². The van der Waals surface area contributed by atoms with Crippen molar-refractivity contribution in [3.63, 3.8) is 0 Å². The molecular formula is C44H26. The normalized spacial score (nSPS) is 15.3. The lowest BCUT2D eigenvalue weighted by molar-refractivity contribution is 1.70. The van der Waals surface area contributed by atoms with E-state index in [0.717, 1.165) is 43.1 Å². The van der Waals surface area contributed by atoms with Crippen LogP contribution in [0, 0.1) is 0 Å². The second-order valence-electron chi connectivity index (χ2n) is 11.2. The van der Waals surface area contributed by atoms with Gasteiger partial charge in [0.25, 0.3) is 0 Å². The largest absolute Gasteiger partial charge is 0.0630 e. The maximum absolute atomic E-state index is 9.72. The lowest BCUT2D eigenvalue weighted by atomic mass is 9.81.